The molecule has 0 aliphatic rings. The third kappa shape index (κ3) is 4.25. The smallest absolute Gasteiger partial charge is 0.258 e. The molecule has 1 heterocycles. The van der Waals surface area contributed by atoms with E-state index in [1.165, 1.54) is 0 Å². The lowest BCUT2D eigenvalue weighted by Crippen LogP contribution is -2.19. The summed E-state index contributed by atoms with van der Waals surface area (Å²) >= 11 is 0. The van der Waals surface area contributed by atoms with Crippen LogP contribution in [0.25, 0.3) is 11.1 Å². The fraction of sp³-hybridized carbons (Fsp3) is 0. The summed E-state index contributed by atoms with van der Waals surface area (Å²) in [5, 5.41) is 5.63. The minimum atomic E-state index is -0.346. The van der Waals surface area contributed by atoms with Crippen molar-refractivity contribution in [3.05, 3.63) is 114 Å². The van der Waals surface area contributed by atoms with Gasteiger partial charge >= 0.3 is 0 Å². The minimum absolute atomic E-state index is 0.285. The number of pyridine rings is 1. The van der Waals surface area contributed by atoms with Crippen molar-refractivity contribution in [1.29, 1.82) is 0 Å². The number of carbonyl (C=O) groups is 2. The monoisotopic (exact) mass is 393 g/mol. The van der Waals surface area contributed by atoms with E-state index in [1.54, 1.807) is 54.7 Å². The number of carbonyl (C=O) groups excluding carboxylic acids is 2. The molecule has 0 aliphatic carbocycles. The van der Waals surface area contributed by atoms with Crippen molar-refractivity contribution in [3.8, 4) is 11.1 Å². The first-order chi connectivity index (χ1) is 14.7. The summed E-state index contributed by atoms with van der Waals surface area (Å²) in [6.45, 7) is 0. The molecule has 4 aromatic rings. The van der Waals surface area contributed by atoms with Crippen LogP contribution < -0.4 is 10.6 Å². The van der Waals surface area contributed by atoms with Gasteiger partial charge in [-0.3, -0.25) is 9.59 Å². The van der Waals surface area contributed by atoms with Crippen molar-refractivity contribution in [3.63, 3.8) is 0 Å². The van der Waals surface area contributed by atoms with Crippen molar-refractivity contribution >= 4 is 23.3 Å². The van der Waals surface area contributed by atoms with E-state index in [0.29, 0.717) is 22.6 Å². The van der Waals surface area contributed by atoms with Gasteiger partial charge in [-0.05, 0) is 41.5 Å². The number of amides is 2. The predicted octanol–water partition coefficient (Wildman–Crippen LogP) is 5.25. The molecule has 0 saturated heterocycles. The van der Waals surface area contributed by atoms with Crippen LogP contribution in [0.4, 0.5) is 11.5 Å². The molecule has 0 spiro atoms. The lowest BCUT2D eigenvalue weighted by atomic mass is 9.99. The highest BCUT2D eigenvalue weighted by Gasteiger charge is 2.17. The Morgan fingerprint density at radius 3 is 2.00 bits per heavy atom. The highest BCUT2D eigenvalue weighted by Crippen LogP contribution is 2.25. The topological polar surface area (TPSA) is 71.1 Å². The van der Waals surface area contributed by atoms with Gasteiger partial charge < -0.3 is 10.6 Å². The van der Waals surface area contributed by atoms with Gasteiger partial charge in [0.2, 0.25) is 0 Å². The van der Waals surface area contributed by atoms with E-state index in [9.17, 15) is 9.59 Å². The molecule has 0 saturated carbocycles. The Morgan fingerprint density at radius 2 is 1.23 bits per heavy atom. The van der Waals surface area contributed by atoms with E-state index in [1.807, 2.05) is 48.5 Å². The molecule has 2 N–H and O–H groups in total. The van der Waals surface area contributed by atoms with Crippen LogP contribution in [0.2, 0.25) is 0 Å². The predicted molar refractivity (Wildman–Crippen MR) is 118 cm³/mol. The first-order valence-electron chi connectivity index (χ1n) is 9.49. The zero-order chi connectivity index (χ0) is 20.8. The third-order valence-electron chi connectivity index (χ3n) is 4.58. The molecule has 1 aromatic heterocycles. The van der Waals surface area contributed by atoms with Gasteiger partial charge in [0, 0.05) is 11.8 Å². The Kier molecular flexibility index (Phi) is 5.62. The zero-order valence-electron chi connectivity index (χ0n) is 16.1. The number of aromatic nitrogens is 1. The van der Waals surface area contributed by atoms with Crippen LogP contribution in [0.3, 0.4) is 0 Å². The first-order valence-corrected chi connectivity index (χ1v) is 9.49. The lowest BCUT2D eigenvalue weighted by molar-refractivity contribution is 0.102. The quantitative estimate of drug-likeness (QED) is 0.486. The van der Waals surface area contributed by atoms with E-state index >= 15 is 0 Å². The molecule has 0 unspecified atom stereocenters. The number of nitrogens with zero attached hydrogens (tertiary/aromatic N) is 1. The van der Waals surface area contributed by atoms with Crippen LogP contribution >= 0.6 is 0 Å². The maximum absolute atomic E-state index is 13.1. The highest BCUT2D eigenvalue weighted by molar-refractivity contribution is 6.14. The van der Waals surface area contributed by atoms with Gasteiger partial charge in [0.25, 0.3) is 11.8 Å². The molecule has 0 fully saturated rings. The van der Waals surface area contributed by atoms with Gasteiger partial charge in [-0.2, -0.15) is 0 Å². The first kappa shape index (κ1) is 19.1. The number of hydrogen-bond acceptors (Lipinski definition) is 3. The van der Waals surface area contributed by atoms with Crippen LogP contribution in [0.15, 0.2) is 103 Å². The number of benzene rings is 3. The Labute approximate surface area is 174 Å². The number of hydrogen-bond donors (Lipinski definition) is 2. The molecule has 0 aliphatic heterocycles. The van der Waals surface area contributed by atoms with Crippen molar-refractivity contribution in [2.24, 2.45) is 0 Å². The molecule has 5 nitrogen and oxygen atoms in total. The summed E-state index contributed by atoms with van der Waals surface area (Å²) in [7, 11) is 0. The fourth-order valence-electron chi connectivity index (χ4n) is 3.15. The van der Waals surface area contributed by atoms with Gasteiger partial charge in [-0.1, -0.05) is 66.7 Å². The van der Waals surface area contributed by atoms with Crippen molar-refractivity contribution in [1.82, 2.24) is 4.98 Å². The Morgan fingerprint density at radius 1 is 0.600 bits per heavy atom. The SMILES string of the molecule is O=C(Nc1ccccn1)c1ccccc1NC(=O)c1ccccc1-c1ccccc1. The van der Waals surface area contributed by atoms with Gasteiger partial charge in [-0.15, -0.1) is 0 Å². The third-order valence-corrected chi connectivity index (χ3v) is 4.58. The van der Waals surface area contributed by atoms with E-state index in [0.717, 1.165) is 11.1 Å². The summed E-state index contributed by atoms with van der Waals surface area (Å²) in [6.07, 6.45) is 1.60. The molecule has 3 aromatic carbocycles. The number of nitrogens with one attached hydrogen (secondary N) is 2. The minimum Gasteiger partial charge on any atom is -0.321 e. The van der Waals surface area contributed by atoms with Crippen LogP contribution in [0, 0.1) is 0 Å². The van der Waals surface area contributed by atoms with Gasteiger partial charge in [0.15, 0.2) is 0 Å². The molecular formula is C25H19N3O2. The molecule has 30 heavy (non-hydrogen) atoms. The maximum atomic E-state index is 13.1. The van der Waals surface area contributed by atoms with E-state index < -0.39 is 0 Å². The van der Waals surface area contributed by atoms with E-state index in [-0.39, 0.29) is 11.8 Å². The van der Waals surface area contributed by atoms with Crippen molar-refractivity contribution in [2.45, 2.75) is 0 Å². The average Bonchev–Trinajstić information content (AvgIpc) is 2.80. The molecule has 0 bridgehead atoms. The molecule has 0 radical (unpaired) electrons. The van der Waals surface area contributed by atoms with Crippen LogP contribution in [-0.4, -0.2) is 16.8 Å². The average molecular weight is 393 g/mol. The van der Waals surface area contributed by atoms with Gasteiger partial charge in [0.05, 0.1) is 11.3 Å². The Hall–Kier alpha value is -4.25. The highest BCUT2D eigenvalue weighted by atomic mass is 16.2. The summed E-state index contributed by atoms with van der Waals surface area (Å²) in [5.41, 5.74) is 3.09. The standard InChI is InChI=1S/C25H19N3O2/c29-24(20-13-5-4-12-19(20)18-10-2-1-3-11-18)27-22-15-7-6-14-21(22)25(30)28-23-16-8-9-17-26-23/h1-17H,(H,27,29)(H,26,28,30). The summed E-state index contributed by atoms with van der Waals surface area (Å²) < 4.78 is 0. The Balaban J connectivity index is 1.61. The largest absolute Gasteiger partial charge is 0.321 e. The van der Waals surface area contributed by atoms with E-state index in [2.05, 4.69) is 15.6 Å². The summed E-state index contributed by atoms with van der Waals surface area (Å²) in [4.78, 5) is 29.9. The number of anilines is 2. The van der Waals surface area contributed by atoms with Gasteiger partial charge in [0.1, 0.15) is 5.82 Å². The number of para-hydroxylation sites is 1. The van der Waals surface area contributed by atoms with Crippen LogP contribution in [-0.2, 0) is 0 Å². The lowest BCUT2D eigenvalue weighted by Gasteiger charge is -2.13. The summed E-state index contributed by atoms with van der Waals surface area (Å²) in [6, 6.07) is 29.3. The second-order valence-electron chi connectivity index (χ2n) is 6.58. The number of rotatable bonds is 5. The van der Waals surface area contributed by atoms with Gasteiger partial charge in [-0.25, -0.2) is 4.98 Å². The van der Waals surface area contributed by atoms with Crippen molar-refractivity contribution in [2.75, 3.05) is 10.6 Å². The second-order valence-corrected chi connectivity index (χ2v) is 6.58. The zero-order valence-corrected chi connectivity index (χ0v) is 16.1. The normalized spacial score (nSPS) is 10.3. The van der Waals surface area contributed by atoms with Crippen LogP contribution in [0.1, 0.15) is 20.7 Å². The Bertz CT molecular complexity index is 1180. The van der Waals surface area contributed by atoms with Crippen molar-refractivity contribution < 1.29 is 9.59 Å². The molecular weight excluding hydrogens is 374 g/mol. The molecule has 4 rings (SSSR count). The fourth-order valence-corrected chi connectivity index (χ4v) is 3.15. The molecule has 2 amide bonds. The second kappa shape index (κ2) is 8.84. The maximum Gasteiger partial charge on any atom is 0.258 e. The van der Waals surface area contributed by atoms with Crippen LogP contribution in [0.5, 0.6) is 0 Å². The molecule has 146 valence electrons. The summed E-state index contributed by atoms with van der Waals surface area (Å²) in [5.74, 6) is -0.188. The molecule has 0 atom stereocenters. The van der Waals surface area contributed by atoms with E-state index in [4.69, 9.17) is 0 Å². The molecule has 5 heteroatoms.